The smallest absolute Gasteiger partial charge is 0.228 e. The second-order valence-electron chi connectivity index (χ2n) is 6.40. The third-order valence-electron chi connectivity index (χ3n) is 4.68. The predicted octanol–water partition coefficient (Wildman–Crippen LogP) is 3.03. The Morgan fingerprint density at radius 1 is 1.33 bits per heavy atom. The van der Waals surface area contributed by atoms with Crippen molar-refractivity contribution < 1.29 is 9.90 Å². The molecule has 5 heteroatoms. The minimum atomic E-state index is -0.0418. The van der Waals surface area contributed by atoms with Crippen LogP contribution in [0, 0.1) is 12.8 Å². The Kier molecular flexibility index (Phi) is 4.62. The standard InChI is InChI=1S/C19H23N3O2/c1-4-11(2)19(24)22-18-12(3)20-17-15-7-5-13(10-23)9-14(15)6-8-16(17)21-18/h5,7,9,11,23H,4,6,8,10H2,1-3H3,(H,21,22,24). The first-order valence-corrected chi connectivity index (χ1v) is 8.44. The van der Waals surface area contributed by atoms with Crippen LogP contribution in [0.2, 0.25) is 0 Å². The maximum atomic E-state index is 12.1. The molecular weight excluding hydrogens is 302 g/mol. The van der Waals surface area contributed by atoms with Gasteiger partial charge >= 0.3 is 0 Å². The zero-order chi connectivity index (χ0) is 17.3. The minimum Gasteiger partial charge on any atom is -0.392 e. The van der Waals surface area contributed by atoms with E-state index < -0.39 is 0 Å². The maximum absolute atomic E-state index is 12.1. The molecule has 0 saturated carbocycles. The molecule has 0 saturated heterocycles. The van der Waals surface area contributed by atoms with Crippen LogP contribution in [0.1, 0.15) is 42.8 Å². The molecule has 3 rings (SSSR count). The fourth-order valence-electron chi connectivity index (χ4n) is 2.92. The third-order valence-corrected chi connectivity index (χ3v) is 4.68. The number of benzene rings is 1. The number of carbonyl (C=O) groups is 1. The maximum Gasteiger partial charge on any atom is 0.228 e. The summed E-state index contributed by atoms with van der Waals surface area (Å²) in [6.45, 7) is 5.82. The van der Waals surface area contributed by atoms with Crippen molar-refractivity contribution in [3.63, 3.8) is 0 Å². The Hall–Kier alpha value is -2.27. The Morgan fingerprint density at radius 3 is 2.83 bits per heavy atom. The van der Waals surface area contributed by atoms with Crippen molar-refractivity contribution in [3.8, 4) is 11.3 Å². The number of hydrogen-bond acceptors (Lipinski definition) is 4. The SMILES string of the molecule is CCC(C)C(=O)Nc1nc2c(nc1C)-c1ccc(CO)cc1CC2. The monoisotopic (exact) mass is 325 g/mol. The second-order valence-corrected chi connectivity index (χ2v) is 6.40. The molecular formula is C19H23N3O2. The molecule has 1 aliphatic rings. The topological polar surface area (TPSA) is 75.1 Å². The van der Waals surface area contributed by atoms with E-state index in [0.29, 0.717) is 5.82 Å². The number of carbonyl (C=O) groups excluding carboxylic acids is 1. The Bertz CT molecular complexity index is 786. The molecule has 1 aliphatic carbocycles. The van der Waals surface area contributed by atoms with Gasteiger partial charge < -0.3 is 10.4 Å². The van der Waals surface area contributed by atoms with E-state index >= 15 is 0 Å². The molecule has 1 aromatic heterocycles. The van der Waals surface area contributed by atoms with E-state index in [1.807, 2.05) is 39.0 Å². The average molecular weight is 325 g/mol. The van der Waals surface area contributed by atoms with Crippen molar-refractivity contribution in [2.45, 2.75) is 46.6 Å². The summed E-state index contributed by atoms with van der Waals surface area (Å²) >= 11 is 0. The molecule has 1 heterocycles. The summed E-state index contributed by atoms with van der Waals surface area (Å²) in [5.41, 5.74) is 5.72. The highest BCUT2D eigenvalue weighted by Crippen LogP contribution is 2.33. The molecule has 24 heavy (non-hydrogen) atoms. The number of rotatable bonds is 4. The van der Waals surface area contributed by atoms with Crippen LogP contribution in [0.25, 0.3) is 11.3 Å². The molecule has 0 fully saturated rings. The molecule has 0 aliphatic heterocycles. The summed E-state index contributed by atoms with van der Waals surface area (Å²) in [6, 6.07) is 5.96. The van der Waals surface area contributed by atoms with E-state index in [1.54, 1.807) is 0 Å². The highest BCUT2D eigenvalue weighted by molar-refractivity contribution is 5.92. The molecule has 1 unspecified atom stereocenters. The molecule has 1 amide bonds. The zero-order valence-corrected chi connectivity index (χ0v) is 14.4. The van der Waals surface area contributed by atoms with Gasteiger partial charge in [0.05, 0.1) is 23.7 Å². The Balaban J connectivity index is 1.96. The number of hydrogen-bond donors (Lipinski definition) is 2. The van der Waals surface area contributed by atoms with Crippen LogP contribution in [-0.4, -0.2) is 21.0 Å². The average Bonchev–Trinajstić information content (AvgIpc) is 2.61. The van der Waals surface area contributed by atoms with Gasteiger partial charge in [-0.3, -0.25) is 4.79 Å². The summed E-state index contributed by atoms with van der Waals surface area (Å²) in [4.78, 5) is 21.5. The van der Waals surface area contributed by atoms with Crippen LogP contribution in [0.4, 0.5) is 5.82 Å². The van der Waals surface area contributed by atoms with Gasteiger partial charge in [0, 0.05) is 11.5 Å². The second kappa shape index (κ2) is 6.69. The molecule has 0 bridgehead atoms. The van der Waals surface area contributed by atoms with Gasteiger partial charge in [-0.2, -0.15) is 0 Å². The van der Waals surface area contributed by atoms with E-state index in [0.717, 1.165) is 47.5 Å². The lowest BCUT2D eigenvalue weighted by atomic mass is 9.90. The van der Waals surface area contributed by atoms with Gasteiger partial charge in [0.25, 0.3) is 0 Å². The predicted molar refractivity (Wildman–Crippen MR) is 93.6 cm³/mol. The van der Waals surface area contributed by atoms with Crippen molar-refractivity contribution in [2.75, 3.05) is 5.32 Å². The number of amides is 1. The quantitative estimate of drug-likeness (QED) is 0.906. The van der Waals surface area contributed by atoms with Gasteiger partial charge in [0.1, 0.15) is 0 Å². The first-order chi connectivity index (χ1) is 11.5. The fourth-order valence-corrected chi connectivity index (χ4v) is 2.92. The van der Waals surface area contributed by atoms with Gasteiger partial charge in [-0.25, -0.2) is 9.97 Å². The number of fused-ring (bicyclic) bond motifs is 3. The Morgan fingerprint density at radius 2 is 2.12 bits per heavy atom. The number of nitrogens with zero attached hydrogens (tertiary/aromatic N) is 2. The van der Waals surface area contributed by atoms with E-state index in [-0.39, 0.29) is 18.4 Å². The summed E-state index contributed by atoms with van der Waals surface area (Å²) in [7, 11) is 0. The van der Waals surface area contributed by atoms with Gasteiger partial charge in [-0.1, -0.05) is 32.0 Å². The van der Waals surface area contributed by atoms with Gasteiger partial charge in [-0.05, 0) is 37.3 Å². The molecule has 2 N–H and O–H groups in total. The zero-order valence-electron chi connectivity index (χ0n) is 14.4. The van der Waals surface area contributed by atoms with Crippen LogP contribution >= 0.6 is 0 Å². The summed E-state index contributed by atoms with van der Waals surface area (Å²) in [6.07, 6.45) is 2.45. The lowest BCUT2D eigenvalue weighted by molar-refractivity contribution is -0.119. The van der Waals surface area contributed by atoms with Crippen molar-refractivity contribution in [3.05, 3.63) is 40.7 Å². The molecule has 0 spiro atoms. The number of nitrogens with one attached hydrogen (secondary N) is 1. The van der Waals surface area contributed by atoms with Crippen molar-refractivity contribution in [1.82, 2.24) is 9.97 Å². The lowest BCUT2D eigenvalue weighted by Gasteiger charge is -2.21. The van der Waals surface area contributed by atoms with Crippen molar-refractivity contribution in [2.24, 2.45) is 5.92 Å². The summed E-state index contributed by atoms with van der Waals surface area (Å²) < 4.78 is 0. The number of aromatic nitrogens is 2. The summed E-state index contributed by atoms with van der Waals surface area (Å²) in [5.74, 6) is 0.507. The number of aliphatic hydroxyl groups is 1. The highest BCUT2D eigenvalue weighted by Gasteiger charge is 2.22. The van der Waals surface area contributed by atoms with Crippen LogP contribution in [-0.2, 0) is 24.2 Å². The molecule has 126 valence electrons. The van der Waals surface area contributed by atoms with E-state index in [9.17, 15) is 9.90 Å². The number of aryl methyl sites for hydroxylation is 3. The number of aliphatic hydroxyl groups excluding tert-OH is 1. The first kappa shape index (κ1) is 16.6. The minimum absolute atomic E-state index is 0.0151. The molecule has 0 radical (unpaired) electrons. The van der Waals surface area contributed by atoms with Gasteiger partial charge in [0.2, 0.25) is 5.91 Å². The van der Waals surface area contributed by atoms with Crippen LogP contribution in [0.15, 0.2) is 18.2 Å². The van der Waals surface area contributed by atoms with E-state index in [4.69, 9.17) is 4.98 Å². The molecule has 2 aromatic rings. The van der Waals surface area contributed by atoms with Crippen molar-refractivity contribution in [1.29, 1.82) is 0 Å². The van der Waals surface area contributed by atoms with Gasteiger partial charge in [-0.15, -0.1) is 0 Å². The first-order valence-electron chi connectivity index (χ1n) is 8.44. The van der Waals surface area contributed by atoms with Gasteiger partial charge in [0.15, 0.2) is 5.82 Å². The number of anilines is 1. The summed E-state index contributed by atoms with van der Waals surface area (Å²) in [5, 5.41) is 12.2. The molecule has 1 atom stereocenters. The lowest BCUT2D eigenvalue weighted by Crippen LogP contribution is -2.22. The third kappa shape index (κ3) is 3.04. The Labute approximate surface area is 142 Å². The normalized spacial score (nSPS) is 13.8. The fraction of sp³-hybridized carbons (Fsp3) is 0.421. The van der Waals surface area contributed by atoms with E-state index in [2.05, 4.69) is 10.3 Å². The highest BCUT2D eigenvalue weighted by atomic mass is 16.3. The van der Waals surface area contributed by atoms with Crippen LogP contribution < -0.4 is 5.32 Å². The van der Waals surface area contributed by atoms with E-state index in [1.165, 1.54) is 5.56 Å². The molecule has 5 nitrogen and oxygen atoms in total. The van der Waals surface area contributed by atoms with Crippen molar-refractivity contribution >= 4 is 11.7 Å². The largest absolute Gasteiger partial charge is 0.392 e. The van der Waals surface area contributed by atoms with Crippen LogP contribution in [0.5, 0.6) is 0 Å². The molecule has 1 aromatic carbocycles. The van der Waals surface area contributed by atoms with Crippen LogP contribution in [0.3, 0.4) is 0 Å².